The molecule has 0 aliphatic rings. The minimum absolute atomic E-state index is 0.138. The fourth-order valence-corrected chi connectivity index (χ4v) is 1.67. The molecule has 0 fully saturated rings. The van der Waals surface area contributed by atoms with Gasteiger partial charge in [-0.2, -0.15) is 0 Å². The van der Waals surface area contributed by atoms with Crippen molar-refractivity contribution in [2.75, 3.05) is 6.54 Å². The highest BCUT2D eigenvalue weighted by atomic mass is 16.5. The number of nitrogens with two attached hydrogens (primary N) is 1. The van der Waals surface area contributed by atoms with Crippen LogP contribution in [-0.2, 0) is 21.6 Å². The monoisotopic (exact) mass is 249 g/mol. The molecular formula is C15H23NO2. The third-order valence-electron chi connectivity index (χ3n) is 2.95. The average molecular weight is 249 g/mol. The van der Waals surface area contributed by atoms with Crippen LogP contribution in [0, 0.1) is 6.92 Å². The van der Waals surface area contributed by atoms with Gasteiger partial charge >= 0.3 is 5.97 Å². The van der Waals surface area contributed by atoms with E-state index in [1.54, 1.807) is 0 Å². The Hall–Kier alpha value is -1.35. The molecule has 0 aliphatic heterocycles. The molecule has 0 heterocycles. The van der Waals surface area contributed by atoms with Crippen molar-refractivity contribution in [2.24, 2.45) is 5.73 Å². The highest BCUT2D eigenvalue weighted by Gasteiger charge is 2.14. The second-order valence-electron chi connectivity index (χ2n) is 5.59. The molecule has 0 unspecified atom stereocenters. The molecule has 0 aromatic heterocycles. The van der Waals surface area contributed by atoms with Crippen LogP contribution < -0.4 is 5.73 Å². The van der Waals surface area contributed by atoms with Gasteiger partial charge in [0.15, 0.2) is 0 Å². The molecule has 3 heteroatoms. The van der Waals surface area contributed by atoms with E-state index < -0.39 is 0 Å². The Morgan fingerprint density at radius 2 is 2.00 bits per heavy atom. The summed E-state index contributed by atoms with van der Waals surface area (Å²) in [7, 11) is 0. The molecule has 1 aromatic rings. The minimum atomic E-state index is -0.239. The van der Waals surface area contributed by atoms with Crippen molar-refractivity contribution in [1.29, 1.82) is 0 Å². The lowest BCUT2D eigenvalue weighted by atomic mass is 9.85. The Kier molecular flexibility index (Phi) is 4.91. The number of hydrogen-bond donors (Lipinski definition) is 1. The lowest BCUT2D eigenvalue weighted by Crippen LogP contribution is -2.13. The summed E-state index contributed by atoms with van der Waals surface area (Å²) in [6.45, 7) is 9.26. The molecule has 0 saturated heterocycles. The van der Waals surface area contributed by atoms with E-state index in [9.17, 15) is 4.79 Å². The summed E-state index contributed by atoms with van der Waals surface area (Å²) in [5, 5.41) is 0. The summed E-state index contributed by atoms with van der Waals surface area (Å²) >= 11 is 0. The van der Waals surface area contributed by atoms with Crippen LogP contribution >= 0.6 is 0 Å². The van der Waals surface area contributed by atoms with Crippen molar-refractivity contribution < 1.29 is 9.53 Å². The highest BCUT2D eigenvalue weighted by Crippen LogP contribution is 2.24. The Balaban J connectivity index is 2.72. The standard InChI is InChI=1S/C15H23NO2/c1-11-9-13(15(2,3)4)6-5-12(11)10-18-14(17)7-8-16/h5-6,9H,7-8,10,16H2,1-4H3. The minimum Gasteiger partial charge on any atom is -0.461 e. The van der Waals surface area contributed by atoms with Gasteiger partial charge in [0.25, 0.3) is 0 Å². The van der Waals surface area contributed by atoms with Crippen LogP contribution in [0.2, 0.25) is 0 Å². The van der Waals surface area contributed by atoms with Crippen molar-refractivity contribution in [1.82, 2.24) is 0 Å². The van der Waals surface area contributed by atoms with Gasteiger partial charge in [0.2, 0.25) is 0 Å². The largest absolute Gasteiger partial charge is 0.461 e. The summed E-state index contributed by atoms with van der Waals surface area (Å²) in [5.74, 6) is -0.239. The fraction of sp³-hybridized carbons (Fsp3) is 0.533. The van der Waals surface area contributed by atoms with Gasteiger partial charge in [-0.15, -0.1) is 0 Å². The summed E-state index contributed by atoms with van der Waals surface area (Å²) in [5.41, 5.74) is 8.93. The predicted molar refractivity (Wildman–Crippen MR) is 73.3 cm³/mol. The van der Waals surface area contributed by atoms with Crippen molar-refractivity contribution in [3.8, 4) is 0 Å². The van der Waals surface area contributed by atoms with Crippen molar-refractivity contribution in [2.45, 2.75) is 46.1 Å². The van der Waals surface area contributed by atoms with E-state index >= 15 is 0 Å². The molecule has 0 amide bonds. The summed E-state index contributed by atoms with van der Waals surface area (Å²) < 4.78 is 5.16. The predicted octanol–water partition coefficient (Wildman–Crippen LogP) is 2.68. The molecular weight excluding hydrogens is 226 g/mol. The number of rotatable bonds is 4. The van der Waals surface area contributed by atoms with E-state index in [0.29, 0.717) is 13.2 Å². The van der Waals surface area contributed by atoms with Gasteiger partial charge in [-0.1, -0.05) is 39.0 Å². The maximum Gasteiger partial charge on any atom is 0.307 e. The first-order valence-corrected chi connectivity index (χ1v) is 6.30. The molecule has 1 aromatic carbocycles. The SMILES string of the molecule is Cc1cc(C(C)(C)C)ccc1COC(=O)CCN. The molecule has 0 bridgehead atoms. The highest BCUT2D eigenvalue weighted by molar-refractivity contribution is 5.69. The summed E-state index contributed by atoms with van der Waals surface area (Å²) in [4.78, 5) is 11.3. The van der Waals surface area contributed by atoms with Crippen molar-refractivity contribution in [3.05, 3.63) is 34.9 Å². The molecule has 0 aliphatic carbocycles. The Labute approximate surface area is 109 Å². The number of ether oxygens (including phenoxy) is 1. The van der Waals surface area contributed by atoms with E-state index in [1.165, 1.54) is 5.56 Å². The zero-order chi connectivity index (χ0) is 13.8. The number of benzene rings is 1. The first-order valence-electron chi connectivity index (χ1n) is 6.30. The Morgan fingerprint density at radius 1 is 1.33 bits per heavy atom. The molecule has 0 spiro atoms. The van der Waals surface area contributed by atoms with E-state index in [1.807, 2.05) is 13.0 Å². The lowest BCUT2D eigenvalue weighted by molar-refractivity contribution is -0.144. The van der Waals surface area contributed by atoms with Gasteiger partial charge in [0.05, 0.1) is 6.42 Å². The topological polar surface area (TPSA) is 52.3 Å². The smallest absolute Gasteiger partial charge is 0.307 e. The maximum absolute atomic E-state index is 11.3. The van der Waals surface area contributed by atoms with Gasteiger partial charge in [0, 0.05) is 6.54 Å². The third-order valence-corrected chi connectivity index (χ3v) is 2.95. The summed E-state index contributed by atoms with van der Waals surface area (Å²) in [6.07, 6.45) is 0.277. The molecule has 1 rings (SSSR count). The van der Waals surface area contributed by atoms with Crippen molar-refractivity contribution in [3.63, 3.8) is 0 Å². The molecule has 100 valence electrons. The number of carbonyl (C=O) groups is 1. The fourth-order valence-electron chi connectivity index (χ4n) is 1.67. The number of hydrogen-bond acceptors (Lipinski definition) is 3. The van der Waals surface area contributed by atoms with Crippen LogP contribution in [0.4, 0.5) is 0 Å². The van der Waals surface area contributed by atoms with Gasteiger partial charge in [-0.25, -0.2) is 0 Å². The van der Waals surface area contributed by atoms with Crippen LogP contribution in [0.15, 0.2) is 18.2 Å². The molecule has 2 N–H and O–H groups in total. The molecule has 3 nitrogen and oxygen atoms in total. The van der Waals surface area contributed by atoms with Crippen LogP contribution in [0.5, 0.6) is 0 Å². The zero-order valence-electron chi connectivity index (χ0n) is 11.7. The second kappa shape index (κ2) is 6.01. The van der Waals surface area contributed by atoms with Gasteiger partial charge in [-0.3, -0.25) is 4.79 Å². The maximum atomic E-state index is 11.3. The number of aryl methyl sites for hydroxylation is 1. The lowest BCUT2D eigenvalue weighted by Gasteiger charge is -2.20. The number of esters is 1. The molecule has 0 atom stereocenters. The van der Waals surface area contributed by atoms with Crippen LogP contribution in [0.1, 0.15) is 43.9 Å². The average Bonchev–Trinajstić information content (AvgIpc) is 2.26. The van der Waals surface area contributed by atoms with Crippen LogP contribution in [-0.4, -0.2) is 12.5 Å². The first kappa shape index (κ1) is 14.7. The summed E-state index contributed by atoms with van der Waals surface area (Å²) in [6, 6.07) is 6.29. The zero-order valence-corrected chi connectivity index (χ0v) is 11.7. The van der Waals surface area contributed by atoms with Crippen LogP contribution in [0.3, 0.4) is 0 Å². The van der Waals surface area contributed by atoms with Gasteiger partial charge in [-0.05, 0) is 29.0 Å². The van der Waals surface area contributed by atoms with E-state index in [4.69, 9.17) is 10.5 Å². The number of carbonyl (C=O) groups excluding carboxylic acids is 1. The molecule has 0 radical (unpaired) electrons. The van der Waals surface area contributed by atoms with Gasteiger partial charge < -0.3 is 10.5 Å². The third kappa shape index (κ3) is 4.15. The van der Waals surface area contributed by atoms with Gasteiger partial charge in [0.1, 0.15) is 6.61 Å². The normalized spacial score (nSPS) is 11.4. The van der Waals surface area contributed by atoms with E-state index in [-0.39, 0.29) is 17.8 Å². The van der Waals surface area contributed by atoms with E-state index in [2.05, 4.69) is 32.9 Å². The second-order valence-corrected chi connectivity index (χ2v) is 5.59. The first-order chi connectivity index (χ1) is 8.34. The van der Waals surface area contributed by atoms with E-state index in [0.717, 1.165) is 11.1 Å². The Morgan fingerprint density at radius 3 is 2.50 bits per heavy atom. The quantitative estimate of drug-likeness (QED) is 0.835. The Bertz CT molecular complexity index is 419. The molecule has 18 heavy (non-hydrogen) atoms. The molecule has 0 saturated carbocycles. The van der Waals surface area contributed by atoms with Crippen LogP contribution in [0.25, 0.3) is 0 Å². The van der Waals surface area contributed by atoms with Crippen molar-refractivity contribution >= 4 is 5.97 Å².